The Morgan fingerprint density at radius 3 is 2.88 bits per heavy atom. The molecule has 17 heavy (non-hydrogen) atoms. The van der Waals surface area contributed by atoms with Crippen LogP contribution in [0.1, 0.15) is 31.0 Å². The number of nitrogens with two attached hydrogens (primary N) is 1. The average Bonchev–Trinajstić information content (AvgIpc) is 2.85. The van der Waals surface area contributed by atoms with Crippen molar-refractivity contribution in [1.82, 2.24) is 9.55 Å². The second-order valence-electron chi connectivity index (χ2n) is 4.91. The lowest BCUT2D eigenvalue weighted by atomic mass is 10.1. The Hall–Kier alpha value is -1.42. The Morgan fingerprint density at radius 2 is 2.24 bits per heavy atom. The van der Waals surface area contributed by atoms with Crippen molar-refractivity contribution in [2.24, 2.45) is 12.8 Å². The number of aryl methyl sites for hydroxylation is 1. The van der Waals surface area contributed by atoms with Gasteiger partial charge in [-0.1, -0.05) is 6.07 Å². The number of benzene rings is 1. The maximum Gasteiger partial charge on any atom is 0.151 e. The first-order valence-electron chi connectivity index (χ1n) is 6.03. The van der Waals surface area contributed by atoms with Gasteiger partial charge in [-0.25, -0.2) is 9.37 Å². The summed E-state index contributed by atoms with van der Waals surface area (Å²) in [5.74, 6) is 1.10. The first-order valence-corrected chi connectivity index (χ1v) is 6.03. The van der Waals surface area contributed by atoms with E-state index in [1.54, 1.807) is 6.07 Å². The predicted molar refractivity (Wildman–Crippen MR) is 65.2 cm³/mol. The highest BCUT2D eigenvalue weighted by Crippen LogP contribution is 2.34. The molecular weight excluding hydrogens is 217 g/mol. The van der Waals surface area contributed by atoms with Crippen LogP contribution in [0.4, 0.5) is 4.39 Å². The topological polar surface area (TPSA) is 43.8 Å². The van der Waals surface area contributed by atoms with E-state index in [2.05, 4.69) is 4.98 Å². The number of para-hydroxylation sites is 1. The number of hydrogen-bond acceptors (Lipinski definition) is 2. The third-order valence-corrected chi connectivity index (χ3v) is 3.74. The van der Waals surface area contributed by atoms with Crippen LogP contribution in [0.3, 0.4) is 0 Å². The molecule has 1 saturated carbocycles. The molecule has 1 heterocycles. The van der Waals surface area contributed by atoms with Crippen LogP contribution in [0.25, 0.3) is 11.0 Å². The molecule has 2 atom stereocenters. The van der Waals surface area contributed by atoms with Crippen LogP contribution in [0.2, 0.25) is 0 Å². The standard InChI is InChI=1S/C13H16FN3/c1-17-11-4-2-3-10(14)12(11)16-13(17)8-5-6-9(15)7-8/h2-4,8-9H,5-7,15H2,1H3/t8-,9+/m1/s1. The first kappa shape index (κ1) is 10.7. The molecular formula is C13H16FN3. The second kappa shape index (κ2) is 3.81. The SMILES string of the molecule is Cn1c([C@@H]2CC[C@H](N)C2)nc2c(F)cccc21. The van der Waals surface area contributed by atoms with E-state index < -0.39 is 0 Å². The molecule has 1 fully saturated rings. The van der Waals surface area contributed by atoms with E-state index >= 15 is 0 Å². The van der Waals surface area contributed by atoms with Crippen molar-refractivity contribution in [2.75, 3.05) is 0 Å². The number of aromatic nitrogens is 2. The minimum atomic E-state index is -0.244. The highest BCUT2D eigenvalue weighted by atomic mass is 19.1. The van der Waals surface area contributed by atoms with Crippen LogP contribution in [0.5, 0.6) is 0 Å². The summed E-state index contributed by atoms with van der Waals surface area (Å²) in [6.07, 6.45) is 3.05. The van der Waals surface area contributed by atoms with Gasteiger partial charge in [0, 0.05) is 19.0 Å². The van der Waals surface area contributed by atoms with E-state index in [1.165, 1.54) is 6.07 Å². The van der Waals surface area contributed by atoms with E-state index in [4.69, 9.17) is 5.73 Å². The molecule has 1 aliphatic carbocycles. The molecule has 0 saturated heterocycles. The van der Waals surface area contributed by atoms with E-state index in [1.807, 2.05) is 17.7 Å². The highest BCUT2D eigenvalue weighted by Gasteiger charge is 2.27. The minimum absolute atomic E-state index is 0.244. The van der Waals surface area contributed by atoms with Gasteiger partial charge in [0.25, 0.3) is 0 Å². The van der Waals surface area contributed by atoms with Crippen molar-refractivity contribution >= 4 is 11.0 Å². The Kier molecular flexibility index (Phi) is 2.40. The van der Waals surface area contributed by atoms with E-state index in [0.717, 1.165) is 30.6 Å². The van der Waals surface area contributed by atoms with Gasteiger partial charge in [0.05, 0.1) is 5.52 Å². The molecule has 2 N–H and O–H groups in total. The van der Waals surface area contributed by atoms with Crippen molar-refractivity contribution in [3.05, 3.63) is 29.8 Å². The Morgan fingerprint density at radius 1 is 1.41 bits per heavy atom. The fourth-order valence-corrected chi connectivity index (χ4v) is 2.81. The number of nitrogens with zero attached hydrogens (tertiary/aromatic N) is 2. The predicted octanol–water partition coefficient (Wildman–Crippen LogP) is 2.31. The summed E-state index contributed by atoms with van der Waals surface area (Å²) >= 11 is 0. The van der Waals surface area contributed by atoms with Crippen LogP contribution < -0.4 is 5.73 Å². The number of hydrogen-bond donors (Lipinski definition) is 1. The van der Waals surface area contributed by atoms with Crippen LogP contribution in [0.15, 0.2) is 18.2 Å². The molecule has 1 aromatic carbocycles. The zero-order valence-corrected chi connectivity index (χ0v) is 9.86. The molecule has 0 bridgehead atoms. The smallest absolute Gasteiger partial charge is 0.151 e. The molecule has 0 amide bonds. The lowest BCUT2D eigenvalue weighted by Gasteiger charge is -2.09. The molecule has 4 heteroatoms. The molecule has 1 aromatic heterocycles. The van der Waals surface area contributed by atoms with Gasteiger partial charge < -0.3 is 10.3 Å². The van der Waals surface area contributed by atoms with Gasteiger partial charge in [-0.15, -0.1) is 0 Å². The summed E-state index contributed by atoms with van der Waals surface area (Å²) in [7, 11) is 1.95. The normalized spacial score (nSPS) is 24.6. The fourth-order valence-electron chi connectivity index (χ4n) is 2.81. The molecule has 1 aliphatic rings. The average molecular weight is 233 g/mol. The van der Waals surface area contributed by atoms with Crippen LogP contribution in [-0.4, -0.2) is 15.6 Å². The molecule has 0 spiro atoms. The third kappa shape index (κ3) is 1.63. The first-order chi connectivity index (χ1) is 8.16. The van der Waals surface area contributed by atoms with Gasteiger partial charge in [-0.05, 0) is 31.4 Å². The summed E-state index contributed by atoms with van der Waals surface area (Å²) < 4.78 is 15.6. The zero-order chi connectivity index (χ0) is 12.0. The number of fused-ring (bicyclic) bond motifs is 1. The third-order valence-electron chi connectivity index (χ3n) is 3.74. The summed E-state index contributed by atoms with van der Waals surface area (Å²) in [5.41, 5.74) is 7.26. The number of rotatable bonds is 1. The number of imidazole rings is 1. The van der Waals surface area contributed by atoms with Crippen molar-refractivity contribution in [3.8, 4) is 0 Å². The second-order valence-corrected chi connectivity index (χ2v) is 4.91. The molecule has 2 aromatic rings. The van der Waals surface area contributed by atoms with Gasteiger partial charge in [0.1, 0.15) is 11.3 Å². The van der Waals surface area contributed by atoms with Gasteiger partial charge in [-0.2, -0.15) is 0 Å². The van der Waals surface area contributed by atoms with Gasteiger partial charge >= 0.3 is 0 Å². The van der Waals surface area contributed by atoms with E-state index in [9.17, 15) is 4.39 Å². The molecule has 0 radical (unpaired) electrons. The fraction of sp³-hybridized carbons (Fsp3) is 0.462. The van der Waals surface area contributed by atoms with Crippen LogP contribution >= 0.6 is 0 Å². The Bertz CT molecular complexity index is 561. The molecule has 0 unspecified atom stereocenters. The van der Waals surface area contributed by atoms with Crippen LogP contribution in [-0.2, 0) is 7.05 Å². The maximum absolute atomic E-state index is 13.6. The quantitative estimate of drug-likeness (QED) is 0.821. The number of halogens is 1. The monoisotopic (exact) mass is 233 g/mol. The largest absolute Gasteiger partial charge is 0.331 e. The van der Waals surface area contributed by atoms with Crippen molar-refractivity contribution in [1.29, 1.82) is 0 Å². The lowest BCUT2D eigenvalue weighted by molar-refractivity contribution is 0.618. The molecule has 3 rings (SSSR count). The summed E-state index contributed by atoms with van der Waals surface area (Å²) in [6, 6.07) is 5.36. The maximum atomic E-state index is 13.6. The lowest BCUT2D eigenvalue weighted by Crippen LogP contribution is -2.15. The Balaban J connectivity index is 2.11. The van der Waals surface area contributed by atoms with E-state index in [-0.39, 0.29) is 11.9 Å². The van der Waals surface area contributed by atoms with Crippen molar-refractivity contribution in [3.63, 3.8) is 0 Å². The summed E-state index contributed by atoms with van der Waals surface area (Å²) in [5, 5.41) is 0. The molecule has 0 aliphatic heterocycles. The molecule has 90 valence electrons. The zero-order valence-electron chi connectivity index (χ0n) is 9.86. The van der Waals surface area contributed by atoms with Crippen molar-refractivity contribution < 1.29 is 4.39 Å². The van der Waals surface area contributed by atoms with E-state index in [0.29, 0.717) is 11.4 Å². The Labute approximate surface area is 99.4 Å². The van der Waals surface area contributed by atoms with Gasteiger partial charge in [0.15, 0.2) is 5.82 Å². The van der Waals surface area contributed by atoms with Crippen molar-refractivity contribution in [2.45, 2.75) is 31.2 Å². The summed E-state index contributed by atoms with van der Waals surface area (Å²) in [6.45, 7) is 0. The highest BCUT2D eigenvalue weighted by molar-refractivity contribution is 5.76. The molecule has 3 nitrogen and oxygen atoms in total. The van der Waals surface area contributed by atoms with Gasteiger partial charge in [-0.3, -0.25) is 0 Å². The van der Waals surface area contributed by atoms with Gasteiger partial charge in [0.2, 0.25) is 0 Å². The minimum Gasteiger partial charge on any atom is -0.331 e. The van der Waals surface area contributed by atoms with Crippen LogP contribution in [0, 0.1) is 5.82 Å². The summed E-state index contributed by atoms with van der Waals surface area (Å²) in [4.78, 5) is 4.46.